The first-order valence-corrected chi connectivity index (χ1v) is 16.5. The molecule has 0 aromatic heterocycles. The minimum Gasteiger partial charge on any atom is -0.508 e. The second kappa shape index (κ2) is 17.9. The van der Waals surface area contributed by atoms with E-state index in [0.29, 0.717) is 31.1 Å². The van der Waals surface area contributed by atoms with Crippen LogP contribution in [0.15, 0.2) is 66.7 Å². The molecule has 3 unspecified atom stereocenters. The Kier molecular flexibility index (Phi) is 14.4. The number of hydrogen-bond donors (Lipinski definition) is 3. The predicted octanol–water partition coefficient (Wildman–Crippen LogP) is 10.2. The monoisotopic (exact) mass is 680 g/mol. The van der Waals surface area contributed by atoms with E-state index in [-0.39, 0.29) is 36.2 Å². The molecule has 0 spiro atoms. The summed E-state index contributed by atoms with van der Waals surface area (Å²) in [7, 11) is 0. The van der Waals surface area contributed by atoms with E-state index in [0.717, 1.165) is 42.4 Å². The number of ether oxygens (including phenoxy) is 2. The zero-order chi connectivity index (χ0) is 35.3. The van der Waals surface area contributed by atoms with Gasteiger partial charge in [0.2, 0.25) is 0 Å². The Labute approximate surface area is 278 Å². The fourth-order valence-electron chi connectivity index (χ4n) is 5.91. The Morgan fingerprint density at radius 3 is 2.04 bits per heavy atom. The summed E-state index contributed by atoms with van der Waals surface area (Å²) in [5, 5.41) is 29.1. The van der Waals surface area contributed by atoms with Crippen LogP contribution >= 0.6 is 0 Å². The van der Waals surface area contributed by atoms with E-state index < -0.39 is 36.8 Å². The van der Waals surface area contributed by atoms with Crippen molar-refractivity contribution in [2.45, 2.75) is 95.6 Å². The third-order valence-electron chi connectivity index (χ3n) is 8.49. The van der Waals surface area contributed by atoms with Gasteiger partial charge < -0.3 is 24.8 Å². The van der Waals surface area contributed by atoms with E-state index in [1.165, 1.54) is 0 Å². The number of benzene rings is 3. The molecule has 3 aromatic carbocycles. The van der Waals surface area contributed by atoms with Crippen LogP contribution < -0.4 is 9.47 Å². The Bertz CT molecular complexity index is 1410. The summed E-state index contributed by atoms with van der Waals surface area (Å²) in [6.45, 7) is 4.89. The average molecular weight is 681 g/mol. The maximum atomic E-state index is 13.1. The van der Waals surface area contributed by atoms with Gasteiger partial charge >= 0.3 is 18.1 Å². The lowest BCUT2D eigenvalue weighted by Gasteiger charge is -2.34. The molecule has 0 radical (unpaired) electrons. The lowest BCUT2D eigenvalue weighted by molar-refractivity contribution is -0.284. The summed E-state index contributed by atoms with van der Waals surface area (Å²) in [6, 6.07) is 20.1. The number of phenols is 2. The van der Waals surface area contributed by atoms with Crippen molar-refractivity contribution in [1.29, 1.82) is 0 Å². The summed E-state index contributed by atoms with van der Waals surface area (Å²) >= 11 is 0. The molecule has 0 saturated carbocycles. The fraction of sp³-hybridized carbons (Fsp3) is 0.486. The van der Waals surface area contributed by atoms with Crippen molar-refractivity contribution in [3.05, 3.63) is 83.4 Å². The molecular formula is C37H45F5O6. The molecular weight excluding hydrogens is 635 g/mol. The maximum Gasteiger partial charge on any atom is 0.453 e. The molecule has 0 amide bonds. The van der Waals surface area contributed by atoms with E-state index in [9.17, 15) is 42.1 Å². The van der Waals surface area contributed by atoms with Gasteiger partial charge in [0.15, 0.2) is 0 Å². The van der Waals surface area contributed by atoms with Crippen molar-refractivity contribution in [3.63, 3.8) is 0 Å². The minimum absolute atomic E-state index is 0.0191. The molecule has 6 nitrogen and oxygen atoms in total. The molecule has 3 atom stereocenters. The molecule has 48 heavy (non-hydrogen) atoms. The lowest BCUT2D eigenvalue weighted by Crippen LogP contribution is -2.36. The molecule has 0 aliphatic carbocycles. The highest BCUT2D eigenvalue weighted by Crippen LogP contribution is 2.47. The average Bonchev–Trinajstić information content (AvgIpc) is 3.05. The summed E-state index contributed by atoms with van der Waals surface area (Å²) < 4.78 is 75.0. The van der Waals surface area contributed by atoms with Gasteiger partial charge in [0.05, 0.1) is 19.1 Å². The summed E-state index contributed by atoms with van der Waals surface area (Å²) in [5.41, 5.74) is 3.02. The normalized spacial score (nSPS) is 16.6. The molecule has 1 aliphatic rings. The van der Waals surface area contributed by atoms with Gasteiger partial charge in [-0.15, -0.1) is 0 Å². The van der Waals surface area contributed by atoms with Gasteiger partial charge in [-0.05, 0) is 67.1 Å². The molecule has 1 aliphatic heterocycles. The first kappa shape index (κ1) is 38.4. The fourth-order valence-corrected chi connectivity index (χ4v) is 5.91. The first-order chi connectivity index (χ1) is 22.9. The van der Waals surface area contributed by atoms with Crippen LogP contribution in [0.1, 0.15) is 100 Å². The lowest BCUT2D eigenvalue weighted by atomic mass is 9.76. The molecule has 11 heteroatoms. The van der Waals surface area contributed by atoms with Gasteiger partial charge in [0.1, 0.15) is 23.0 Å². The Hall–Kier alpha value is -4.02. The van der Waals surface area contributed by atoms with Crippen molar-refractivity contribution in [1.82, 2.24) is 0 Å². The van der Waals surface area contributed by atoms with Crippen molar-refractivity contribution in [3.8, 4) is 23.0 Å². The zero-order valence-corrected chi connectivity index (χ0v) is 27.3. The van der Waals surface area contributed by atoms with Gasteiger partial charge in [-0.25, -0.2) is 0 Å². The summed E-state index contributed by atoms with van der Waals surface area (Å²) in [4.78, 5) is 11.4. The van der Waals surface area contributed by atoms with Crippen molar-refractivity contribution < 1.29 is 51.5 Å². The van der Waals surface area contributed by atoms with E-state index in [2.05, 4.69) is 0 Å². The number of rotatable bonds is 16. The number of hydrogen-bond acceptors (Lipinski definition) is 5. The van der Waals surface area contributed by atoms with E-state index >= 15 is 0 Å². The van der Waals surface area contributed by atoms with Crippen LogP contribution in [-0.4, -0.2) is 46.6 Å². The SMILES string of the molecule is CC.O=C(O)C(CCCCCCCOc1ccc(C2c3ccc(O)cc3OCC2c2ccc(O)cc2)cc1)CCCC(F)(F)C(F)(F)F. The van der Waals surface area contributed by atoms with Crippen LogP contribution in [0.25, 0.3) is 0 Å². The van der Waals surface area contributed by atoms with Crippen LogP contribution in [-0.2, 0) is 4.79 Å². The molecule has 0 fully saturated rings. The quantitative estimate of drug-likeness (QED) is 0.103. The van der Waals surface area contributed by atoms with Crippen molar-refractivity contribution >= 4 is 5.97 Å². The number of fused-ring (bicyclic) bond motifs is 1. The van der Waals surface area contributed by atoms with Crippen molar-refractivity contribution in [2.75, 3.05) is 13.2 Å². The predicted molar refractivity (Wildman–Crippen MR) is 173 cm³/mol. The number of phenolic OH excluding ortho intramolecular Hbond substituents is 2. The Balaban J connectivity index is 0.00000307. The van der Waals surface area contributed by atoms with Gasteiger partial charge in [0.25, 0.3) is 0 Å². The van der Waals surface area contributed by atoms with E-state index in [1.807, 2.05) is 56.3 Å². The number of halogens is 5. The molecule has 0 saturated heterocycles. The second-order valence-corrected chi connectivity index (χ2v) is 11.8. The largest absolute Gasteiger partial charge is 0.508 e. The molecule has 3 N–H and O–H groups in total. The van der Waals surface area contributed by atoms with Crippen molar-refractivity contribution in [2.24, 2.45) is 5.92 Å². The highest BCUT2D eigenvalue weighted by Gasteiger charge is 2.56. The summed E-state index contributed by atoms with van der Waals surface area (Å²) in [5.74, 6) is -5.34. The van der Waals surface area contributed by atoms with Gasteiger partial charge in [-0.2, -0.15) is 22.0 Å². The molecule has 4 rings (SSSR count). The third-order valence-corrected chi connectivity index (χ3v) is 8.49. The number of carbonyl (C=O) groups is 1. The number of aliphatic carboxylic acids is 1. The summed E-state index contributed by atoms with van der Waals surface area (Å²) in [6.07, 6.45) is -3.80. The van der Waals surface area contributed by atoms with Gasteiger partial charge in [0, 0.05) is 29.9 Å². The van der Waals surface area contributed by atoms with Gasteiger partial charge in [-0.3, -0.25) is 4.79 Å². The number of aromatic hydroxyl groups is 2. The van der Waals surface area contributed by atoms with Crippen LogP contribution in [0, 0.1) is 5.92 Å². The Morgan fingerprint density at radius 2 is 1.40 bits per heavy atom. The highest BCUT2D eigenvalue weighted by atomic mass is 19.4. The second-order valence-electron chi connectivity index (χ2n) is 11.8. The van der Waals surface area contributed by atoms with E-state index in [4.69, 9.17) is 9.47 Å². The van der Waals surface area contributed by atoms with Crippen LogP contribution in [0.4, 0.5) is 22.0 Å². The number of carboxylic acid groups (broad SMARTS) is 1. The first-order valence-electron chi connectivity index (χ1n) is 16.5. The number of carboxylic acids is 1. The number of alkyl halides is 5. The third kappa shape index (κ3) is 10.8. The molecule has 1 heterocycles. The van der Waals surface area contributed by atoms with Crippen LogP contribution in [0.2, 0.25) is 0 Å². The van der Waals surface area contributed by atoms with Crippen LogP contribution in [0.3, 0.4) is 0 Å². The Morgan fingerprint density at radius 1 is 0.812 bits per heavy atom. The molecule has 0 bridgehead atoms. The highest BCUT2D eigenvalue weighted by molar-refractivity contribution is 5.69. The molecule has 264 valence electrons. The van der Waals surface area contributed by atoms with Gasteiger partial charge in [-0.1, -0.05) is 69.9 Å². The minimum atomic E-state index is -5.62. The van der Waals surface area contributed by atoms with E-state index in [1.54, 1.807) is 24.3 Å². The maximum absolute atomic E-state index is 13.1. The zero-order valence-electron chi connectivity index (χ0n) is 27.3. The number of unbranched alkanes of at least 4 members (excludes halogenated alkanes) is 4. The smallest absolute Gasteiger partial charge is 0.453 e. The molecule has 3 aromatic rings. The van der Waals surface area contributed by atoms with Crippen LogP contribution in [0.5, 0.6) is 23.0 Å². The topological polar surface area (TPSA) is 96.2 Å². The standard InChI is InChI=1S/C35H39F5O6.C2H6/c36-34(37,35(38,39)40)19-6-8-25(33(43)44)7-4-2-1-3-5-20-45-28-16-11-24(12-17-28)32-29-18-15-27(42)21-31(29)46-22-30(32)23-9-13-26(41)14-10-23;1-2/h9-18,21,25,30,32,41-42H,1-8,19-20,22H2,(H,43,44);1-2H3.